The van der Waals surface area contributed by atoms with Gasteiger partial charge in [-0.05, 0) is 62.2 Å². The predicted molar refractivity (Wildman–Crippen MR) is 86.1 cm³/mol. The molecule has 0 radical (unpaired) electrons. The van der Waals surface area contributed by atoms with E-state index in [1.165, 1.54) is 0 Å². The average Bonchev–Trinajstić information content (AvgIpc) is 2.42. The molecule has 0 aromatic heterocycles. The number of nitrogens with one attached hydrogen (secondary N) is 1. The van der Waals surface area contributed by atoms with E-state index in [9.17, 15) is 5.11 Å². The van der Waals surface area contributed by atoms with E-state index in [1.54, 1.807) is 18.2 Å². The highest BCUT2D eigenvalue weighted by molar-refractivity contribution is 6.31. The van der Waals surface area contributed by atoms with Crippen molar-refractivity contribution in [2.75, 3.05) is 5.32 Å². The monoisotopic (exact) mass is 309 g/mol. The molecule has 0 bridgehead atoms. The molecular formula is C16H17Cl2NO. The first-order valence-corrected chi connectivity index (χ1v) is 7.16. The first kappa shape index (κ1) is 15.0. The smallest absolute Gasteiger partial charge is 0.120 e. The Labute approximate surface area is 129 Å². The SMILES string of the molecule is Cc1c(Cl)ccc(NC(C)c2cc(Cl)ccc2O)c1C. The van der Waals surface area contributed by atoms with Crippen LogP contribution < -0.4 is 5.32 Å². The van der Waals surface area contributed by atoms with Crippen LogP contribution in [-0.4, -0.2) is 5.11 Å². The summed E-state index contributed by atoms with van der Waals surface area (Å²) in [6.07, 6.45) is 0. The average molecular weight is 310 g/mol. The Hall–Kier alpha value is -1.38. The number of hydrogen-bond acceptors (Lipinski definition) is 2. The molecule has 2 nitrogen and oxygen atoms in total. The van der Waals surface area contributed by atoms with Crippen molar-refractivity contribution in [3.05, 3.63) is 57.1 Å². The van der Waals surface area contributed by atoms with Gasteiger partial charge in [-0.15, -0.1) is 0 Å². The van der Waals surface area contributed by atoms with E-state index in [0.717, 1.165) is 27.4 Å². The molecule has 2 aromatic rings. The summed E-state index contributed by atoms with van der Waals surface area (Å²) in [5.74, 6) is 0.234. The van der Waals surface area contributed by atoms with Gasteiger partial charge in [-0.1, -0.05) is 23.2 Å². The summed E-state index contributed by atoms with van der Waals surface area (Å²) < 4.78 is 0. The standard InChI is InChI=1S/C16H17Cl2NO/c1-9-10(2)15(6-5-14(9)18)19-11(3)13-8-12(17)4-7-16(13)20/h4-8,11,19-20H,1-3H3. The Balaban J connectivity index is 2.30. The minimum absolute atomic E-state index is 0.0621. The molecule has 106 valence electrons. The second kappa shape index (κ2) is 5.94. The molecule has 0 aliphatic rings. The summed E-state index contributed by atoms with van der Waals surface area (Å²) in [4.78, 5) is 0. The lowest BCUT2D eigenvalue weighted by Gasteiger charge is -2.20. The molecule has 4 heteroatoms. The molecule has 0 amide bonds. The van der Waals surface area contributed by atoms with Gasteiger partial charge < -0.3 is 10.4 Å². The molecule has 1 unspecified atom stereocenters. The number of phenolic OH excluding ortho intramolecular Hbond substituents is 1. The first-order chi connectivity index (χ1) is 9.40. The van der Waals surface area contributed by atoms with Crippen molar-refractivity contribution < 1.29 is 5.11 Å². The van der Waals surface area contributed by atoms with E-state index in [4.69, 9.17) is 23.2 Å². The molecule has 0 aliphatic heterocycles. The van der Waals surface area contributed by atoms with E-state index in [-0.39, 0.29) is 11.8 Å². The summed E-state index contributed by atoms with van der Waals surface area (Å²) >= 11 is 12.1. The summed E-state index contributed by atoms with van der Waals surface area (Å²) in [5.41, 5.74) is 3.92. The Bertz CT molecular complexity index is 641. The fourth-order valence-electron chi connectivity index (χ4n) is 2.13. The van der Waals surface area contributed by atoms with Gasteiger partial charge in [-0.3, -0.25) is 0 Å². The third kappa shape index (κ3) is 3.02. The Morgan fingerprint density at radius 1 is 1.05 bits per heavy atom. The molecule has 0 fully saturated rings. The number of halogens is 2. The maximum atomic E-state index is 9.93. The highest BCUT2D eigenvalue weighted by Gasteiger charge is 2.13. The van der Waals surface area contributed by atoms with Crippen molar-refractivity contribution in [3.63, 3.8) is 0 Å². The third-order valence-corrected chi connectivity index (χ3v) is 4.19. The zero-order valence-corrected chi connectivity index (χ0v) is 13.2. The van der Waals surface area contributed by atoms with Crippen LogP contribution in [0.4, 0.5) is 5.69 Å². The van der Waals surface area contributed by atoms with Crippen LogP contribution in [0.1, 0.15) is 29.7 Å². The molecule has 0 saturated carbocycles. The zero-order valence-electron chi connectivity index (χ0n) is 11.7. The lowest BCUT2D eigenvalue weighted by molar-refractivity contribution is 0.465. The highest BCUT2D eigenvalue weighted by atomic mass is 35.5. The number of aromatic hydroxyl groups is 1. The molecule has 0 spiro atoms. The van der Waals surface area contributed by atoms with E-state index >= 15 is 0 Å². The summed E-state index contributed by atoms with van der Waals surface area (Å²) in [6, 6.07) is 8.81. The van der Waals surface area contributed by atoms with Crippen LogP contribution in [0.5, 0.6) is 5.75 Å². The maximum absolute atomic E-state index is 9.93. The van der Waals surface area contributed by atoms with Crippen LogP contribution in [0, 0.1) is 13.8 Å². The molecule has 2 N–H and O–H groups in total. The molecule has 0 aliphatic carbocycles. The largest absolute Gasteiger partial charge is 0.508 e. The van der Waals surface area contributed by atoms with Crippen LogP contribution >= 0.6 is 23.2 Å². The topological polar surface area (TPSA) is 32.3 Å². The fourth-order valence-corrected chi connectivity index (χ4v) is 2.51. The Morgan fingerprint density at radius 3 is 2.45 bits per heavy atom. The molecule has 2 aromatic carbocycles. The second-order valence-electron chi connectivity index (χ2n) is 4.91. The predicted octanol–water partition coefficient (Wildman–Crippen LogP) is 5.49. The van der Waals surface area contributed by atoms with Crippen molar-refractivity contribution in [2.45, 2.75) is 26.8 Å². The van der Waals surface area contributed by atoms with Gasteiger partial charge >= 0.3 is 0 Å². The second-order valence-corrected chi connectivity index (χ2v) is 5.76. The van der Waals surface area contributed by atoms with Crippen LogP contribution in [0.3, 0.4) is 0 Å². The number of phenols is 1. The lowest BCUT2D eigenvalue weighted by Crippen LogP contribution is -2.08. The minimum Gasteiger partial charge on any atom is -0.508 e. The van der Waals surface area contributed by atoms with Gasteiger partial charge in [0.15, 0.2) is 0 Å². The highest BCUT2D eigenvalue weighted by Crippen LogP contribution is 2.32. The molecule has 0 saturated heterocycles. The molecule has 0 heterocycles. The first-order valence-electron chi connectivity index (χ1n) is 6.40. The van der Waals surface area contributed by atoms with Crippen molar-refractivity contribution in [3.8, 4) is 5.75 Å². The normalized spacial score (nSPS) is 12.2. The van der Waals surface area contributed by atoms with Gasteiger partial charge in [-0.2, -0.15) is 0 Å². The maximum Gasteiger partial charge on any atom is 0.120 e. The van der Waals surface area contributed by atoms with E-state index in [2.05, 4.69) is 5.32 Å². The van der Waals surface area contributed by atoms with Crippen LogP contribution in [0.15, 0.2) is 30.3 Å². The minimum atomic E-state index is -0.0621. The number of benzene rings is 2. The summed E-state index contributed by atoms with van der Waals surface area (Å²) in [6.45, 7) is 5.99. The van der Waals surface area contributed by atoms with E-state index < -0.39 is 0 Å². The van der Waals surface area contributed by atoms with E-state index in [1.807, 2.05) is 32.9 Å². The van der Waals surface area contributed by atoms with Gasteiger partial charge in [-0.25, -0.2) is 0 Å². The van der Waals surface area contributed by atoms with Gasteiger partial charge in [0, 0.05) is 21.3 Å². The van der Waals surface area contributed by atoms with Gasteiger partial charge in [0.1, 0.15) is 5.75 Å². The van der Waals surface area contributed by atoms with Crippen molar-refractivity contribution >= 4 is 28.9 Å². The third-order valence-electron chi connectivity index (χ3n) is 3.55. The van der Waals surface area contributed by atoms with Crippen molar-refractivity contribution in [1.29, 1.82) is 0 Å². The van der Waals surface area contributed by atoms with Crippen LogP contribution in [0.2, 0.25) is 10.0 Å². The Morgan fingerprint density at radius 2 is 1.75 bits per heavy atom. The number of rotatable bonds is 3. The quantitative estimate of drug-likeness (QED) is 0.785. The molecule has 20 heavy (non-hydrogen) atoms. The number of hydrogen-bond donors (Lipinski definition) is 2. The molecular weight excluding hydrogens is 293 g/mol. The zero-order chi connectivity index (χ0) is 14.9. The van der Waals surface area contributed by atoms with Crippen molar-refractivity contribution in [2.24, 2.45) is 0 Å². The van der Waals surface area contributed by atoms with Crippen LogP contribution in [0.25, 0.3) is 0 Å². The summed E-state index contributed by atoms with van der Waals surface area (Å²) in [5, 5.41) is 14.7. The van der Waals surface area contributed by atoms with Gasteiger partial charge in [0.2, 0.25) is 0 Å². The lowest BCUT2D eigenvalue weighted by atomic mass is 10.0. The Kier molecular flexibility index (Phi) is 4.46. The van der Waals surface area contributed by atoms with Crippen molar-refractivity contribution in [1.82, 2.24) is 0 Å². The van der Waals surface area contributed by atoms with Gasteiger partial charge in [0.05, 0.1) is 6.04 Å². The number of anilines is 1. The molecule has 1 atom stereocenters. The van der Waals surface area contributed by atoms with E-state index in [0.29, 0.717) is 5.02 Å². The van der Waals surface area contributed by atoms with Gasteiger partial charge in [0.25, 0.3) is 0 Å². The fraction of sp³-hybridized carbons (Fsp3) is 0.250. The van der Waals surface area contributed by atoms with Crippen LogP contribution in [-0.2, 0) is 0 Å². The summed E-state index contributed by atoms with van der Waals surface area (Å²) in [7, 11) is 0. The molecule has 2 rings (SSSR count).